The number of ether oxygens (including phenoxy) is 1. The van der Waals surface area contributed by atoms with Crippen LogP contribution in [0.25, 0.3) is 0 Å². The largest absolute Gasteiger partial charge is 0.466 e. The van der Waals surface area contributed by atoms with Crippen molar-refractivity contribution in [2.75, 3.05) is 37.4 Å². The van der Waals surface area contributed by atoms with Crippen LogP contribution in [0.2, 0.25) is 0 Å². The molecule has 2 aromatic carbocycles. The normalized spacial score (nSPS) is 13.4. The van der Waals surface area contributed by atoms with E-state index in [0.29, 0.717) is 16.9 Å². The monoisotopic (exact) mass is 409 g/mol. The van der Waals surface area contributed by atoms with Crippen LogP contribution >= 0.6 is 0 Å². The Labute approximate surface area is 174 Å². The average molecular weight is 409 g/mol. The molecule has 0 atom stereocenters. The first-order valence-electron chi connectivity index (χ1n) is 9.39. The highest BCUT2D eigenvalue weighted by Gasteiger charge is 2.34. The number of nitrogens with one attached hydrogen (secondary N) is 2. The molecule has 1 heterocycles. The molecule has 30 heavy (non-hydrogen) atoms. The van der Waals surface area contributed by atoms with Crippen molar-refractivity contribution in [2.45, 2.75) is 6.92 Å². The third-order valence-corrected chi connectivity index (χ3v) is 4.65. The minimum absolute atomic E-state index is 0.0685. The molecule has 0 saturated heterocycles. The zero-order chi connectivity index (χ0) is 21.7. The molecule has 8 nitrogen and oxygen atoms in total. The van der Waals surface area contributed by atoms with E-state index in [2.05, 4.69) is 10.6 Å². The molecule has 3 N–H and O–H groups in total. The Morgan fingerprint density at radius 2 is 1.83 bits per heavy atom. The van der Waals surface area contributed by atoms with Gasteiger partial charge in [0.25, 0.3) is 11.8 Å². The van der Waals surface area contributed by atoms with Crippen LogP contribution in [-0.2, 0) is 14.3 Å². The van der Waals surface area contributed by atoms with Gasteiger partial charge in [-0.05, 0) is 43.3 Å². The fourth-order valence-electron chi connectivity index (χ4n) is 3.12. The van der Waals surface area contributed by atoms with Crippen molar-refractivity contribution < 1.29 is 24.2 Å². The van der Waals surface area contributed by atoms with E-state index in [1.807, 2.05) is 19.1 Å². The van der Waals surface area contributed by atoms with Crippen LogP contribution in [0.1, 0.15) is 15.9 Å². The number of aliphatic hydroxyl groups is 1. The van der Waals surface area contributed by atoms with Gasteiger partial charge in [-0.1, -0.05) is 17.7 Å². The van der Waals surface area contributed by atoms with Crippen LogP contribution in [0.5, 0.6) is 0 Å². The number of β-amino-alcohol motifs (C(OH)–C–C–N with tert-alkyl or cyclic N) is 1. The zero-order valence-electron chi connectivity index (χ0n) is 16.8. The van der Waals surface area contributed by atoms with Crippen LogP contribution in [0.15, 0.2) is 59.8 Å². The number of aryl methyl sites for hydroxylation is 1. The van der Waals surface area contributed by atoms with Gasteiger partial charge in [0.15, 0.2) is 0 Å². The number of anilines is 2. The summed E-state index contributed by atoms with van der Waals surface area (Å²) in [6.45, 7) is 1.90. The van der Waals surface area contributed by atoms with Crippen molar-refractivity contribution in [1.82, 2.24) is 4.90 Å². The quantitative estimate of drug-likeness (QED) is 0.603. The lowest BCUT2D eigenvalue weighted by Crippen LogP contribution is -2.31. The Kier molecular flexibility index (Phi) is 6.48. The summed E-state index contributed by atoms with van der Waals surface area (Å²) in [6.07, 6.45) is 0. The van der Waals surface area contributed by atoms with Gasteiger partial charge in [-0.3, -0.25) is 9.59 Å². The number of benzene rings is 2. The number of hydrogen-bond donors (Lipinski definition) is 3. The van der Waals surface area contributed by atoms with E-state index >= 15 is 0 Å². The standard InChI is InChI=1S/C22H23N3O5/c1-14-4-3-5-15(12-14)20(27)24-17-8-6-16(7-9-17)23-19-18(22(29)30-2)13-25(10-11-26)21(19)28/h3-9,12,23,26H,10-11,13H2,1-2H3,(H,24,27). The van der Waals surface area contributed by atoms with Crippen molar-refractivity contribution >= 4 is 29.2 Å². The van der Waals surface area contributed by atoms with E-state index in [9.17, 15) is 14.4 Å². The number of carbonyl (C=O) groups is 3. The van der Waals surface area contributed by atoms with Crippen molar-refractivity contribution in [2.24, 2.45) is 0 Å². The van der Waals surface area contributed by atoms with Gasteiger partial charge in [0.2, 0.25) is 0 Å². The molecule has 1 aliphatic rings. The van der Waals surface area contributed by atoms with Gasteiger partial charge < -0.3 is 25.4 Å². The Morgan fingerprint density at radius 3 is 2.47 bits per heavy atom. The Hall–Kier alpha value is -3.65. The maximum Gasteiger partial charge on any atom is 0.337 e. The first-order chi connectivity index (χ1) is 14.4. The third kappa shape index (κ3) is 4.66. The highest BCUT2D eigenvalue weighted by atomic mass is 16.5. The number of methoxy groups -OCH3 is 1. The summed E-state index contributed by atoms with van der Waals surface area (Å²) < 4.78 is 4.76. The number of rotatable bonds is 7. The zero-order valence-corrected chi connectivity index (χ0v) is 16.8. The van der Waals surface area contributed by atoms with Gasteiger partial charge in [0.05, 0.1) is 25.8 Å². The smallest absolute Gasteiger partial charge is 0.337 e. The van der Waals surface area contributed by atoms with Gasteiger partial charge in [-0.2, -0.15) is 0 Å². The Balaban J connectivity index is 1.73. The summed E-state index contributed by atoms with van der Waals surface area (Å²) >= 11 is 0. The number of carbonyl (C=O) groups excluding carboxylic acids is 3. The van der Waals surface area contributed by atoms with Gasteiger partial charge in [-0.25, -0.2) is 4.79 Å². The van der Waals surface area contributed by atoms with Gasteiger partial charge in [0, 0.05) is 23.5 Å². The van der Waals surface area contributed by atoms with Crippen LogP contribution in [0.4, 0.5) is 11.4 Å². The van der Waals surface area contributed by atoms with Gasteiger partial charge in [-0.15, -0.1) is 0 Å². The minimum Gasteiger partial charge on any atom is -0.466 e. The van der Waals surface area contributed by atoms with Crippen molar-refractivity contribution in [1.29, 1.82) is 0 Å². The predicted octanol–water partition coefficient (Wildman–Crippen LogP) is 1.92. The number of nitrogens with zero attached hydrogens (tertiary/aromatic N) is 1. The second-order valence-electron chi connectivity index (χ2n) is 6.82. The second-order valence-corrected chi connectivity index (χ2v) is 6.82. The van der Waals surface area contributed by atoms with Crippen molar-refractivity contribution in [3.05, 3.63) is 70.9 Å². The fraction of sp³-hybridized carbons (Fsp3) is 0.227. The van der Waals surface area contributed by atoms with Gasteiger partial charge >= 0.3 is 5.97 Å². The maximum atomic E-state index is 12.6. The molecule has 0 fully saturated rings. The number of amides is 2. The fourth-order valence-corrected chi connectivity index (χ4v) is 3.12. The summed E-state index contributed by atoms with van der Waals surface area (Å²) in [5, 5.41) is 14.9. The van der Waals surface area contributed by atoms with E-state index in [4.69, 9.17) is 9.84 Å². The molecule has 0 bridgehead atoms. The molecule has 0 aliphatic carbocycles. The molecule has 0 saturated carbocycles. The topological polar surface area (TPSA) is 108 Å². The van der Waals surface area contributed by atoms with Crippen molar-refractivity contribution in [3.63, 3.8) is 0 Å². The van der Waals surface area contributed by atoms with E-state index < -0.39 is 5.97 Å². The number of aliphatic hydroxyl groups excluding tert-OH is 1. The first kappa shape index (κ1) is 21.1. The molecule has 0 aromatic heterocycles. The molecule has 2 aromatic rings. The molecule has 156 valence electrons. The van der Waals surface area contributed by atoms with E-state index in [1.165, 1.54) is 12.0 Å². The highest BCUT2D eigenvalue weighted by Crippen LogP contribution is 2.23. The lowest BCUT2D eigenvalue weighted by Gasteiger charge is -2.15. The summed E-state index contributed by atoms with van der Waals surface area (Å²) in [7, 11) is 1.25. The molecule has 3 rings (SSSR count). The number of hydrogen-bond acceptors (Lipinski definition) is 6. The lowest BCUT2D eigenvalue weighted by atomic mass is 10.1. The molecule has 0 radical (unpaired) electrons. The summed E-state index contributed by atoms with van der Waals surface area (Å²) in [5.41, 5.74) is 3.03. The van der Waals surface area contributed by atoms with Crippen LogP contribution < -0.4 is 10.6 Å². The molecule has 2 amide bonds. The van der Waals surface area contributed by atoms with E-state index in [-0.39, 0.29) is 42.8 Å². The first-order valence-corrected chi connectivity index (χ1v) is 9.39. The molecule has 0 unspecified atom stereocenters. The molecule has 8 heteroatoms. The summed E-state index contributed by atoms with van der Waals surface area (Å²) in [6, 6.07) is 14.0. The van der Waals surface area contributed by atoms with E-state index in [1.54, 1.807) is 36.4 Å². The minimum atomic E-state index is -0.603. The highest BCUT2D eigenvalue weighted by molar-refractivity contribution is 6.08. The van der Waals surface area contributed by atoms with Crippen LogP contribution in [-0.4, -0.2) is 54.6 Å². The lowest BCUT2D eigenvalue weighted by molar-refractivity contribution is -0.136. The SMILES string of the molecule is COC(=O)C1=C(Nc2ccc(NC(=O)c3cccc(C)c3)cc2)C(=O)N(CCO)C1. The van der Waals surface area contributed by atoms with Crippen molar-refractivity contribution in [3.8, 4) is 0 Å². The summed E-state index contributed by atoms with van der Waals surface area (Å²) in [4.78, 5) is 38.3. The number of esters is 1. The average Bonchev–Trinajstić information content (AvgIpc) is 3.04. The molecular weight excluding hydrogens is 386 g/mol. The molecular formula is C22H23N3O5. The summed E-state index contributed by atoms with van der Waals surface area (Å²) in [5.74, 6) is -1.21. The maximum absolute atomic E-state index is 12.6. The van der Waals surface area contributed by atoms with Crippen LogP contribution in [0.3, 0.4) is 0 Å². The Bertz CT molecular complexity index is 998. The second kappa shape index (κ2) is 9.23. The molecule has 1 aliphatic heterocycles. The Morgan fingerprint density at radius 1 is 1.13 bits per heavy atom. The van der Waals surface area contributed by atoms with E-state index in [0.717, 1.165) is 5.56 Å². The molecule has 0 spiro atoms. The van der Waals surface area contributed by atoms with Crippen LogP contribution in [0, 0.1) is 6.92 Å². The van der Waals surface area contributed by atoms with Gasteiger partial charge in [0.1, 0.15) is 5.70 Å². The third-order valence-electron chi connectivity index (χ3n) is 4.65. The predicted molar refractivity (Wildman–Crippen MR) is 112 cm³/mol.